The van der Waals surface area contributed by atoms with E-state index in [9.17, 15) is 19.2 Å². The minimum Gasteiger partial charge on any atom is -0.354 e. The zero-order valence-electron chi connectivity index (χ0n) is 28.4. The lowest BCUT2D eigenvalue weighted by Gasteiger charge is -2.35. The van der Waals surface area contributed by atoms with Gasteiger partial charge in [0.05, 0.1) is 0 Å². The van der Waals surface area contributed by atoms with E-state index in [2.05, 4.69) is 5.32 Å². The molecule has 3 rings (SSSR count). The number of nitrogens with one attached hydrogen (secondary N) is 1. The van der Waals surface area contributed by atoms with Gasteiger partial charge in [-0.25, -0.2) is 0 Å². The normalized spacial score (nSPS) is 13.3. The van der Waals surface area contributed by atoms with Crippen molar-refractivity contribution in [1.29, 1.82) is 0 Å². The van der Waals surface area contributed by atoms with Crippen LogP contribution in [-0.4, -0.2) is 71.6 Å². The molecule has 246 valence electrons. The minimum absolute atomic E-state index is 0.0423. The van der Waals surface area contributed by atoms with Crippen molar-refractivity contribution in [1.82, 2.24) is 15.1 Å². The summed E-state index contributed by atoms with van der Waals surface area (Å²) in [6.07, 6.45) is 4.55. The highest BCUT2D eigenvalue weighted by atomic mass is 16.2. The van der Waals surface area contributed by atoms with Crippen LogP contribution in [0.15, 0.2) is 84.9 Å². The van der Waals surface area contributed by atoms with Gasteiger partial charge in [0.15, 0.2) is 0 Å². The molecule has 0 aliphatic heterocycles. The molecule has 3 aromatic rings. The zero-order chi connectivity index (χ0) is 34.1. The molecule has 0 heterocycles. The Hall–Kier alpha value is -4.30. The standard InChI is InChI=1S/C38H50N4O4/c1-27(43)25-37(2,3)26-40-35(45)32(23-28-14-9-8-10-15-28)42(7)36(46)33(41(6)34(44)18-13-21-38(4,5)39)24-29-19-20-30-16-11-12-17-31(30)22-29/h8-20,22,32-33H,21,23-26,39H2,1-7H3,(H,40,45)/t32-,33-/m1/s1. The largest absolute Gasteiger partial charge is 0.354 e. The number of ketones is 1. The molecule has 2 atom stereocenters. The topological polar surface area (TPSA) is 113 Å². The zero-order valence-corrected chi connectivity index (χ0v) is 28.4. The maximum Gasteiger partial charge on any atom is 0.246 e. The predicted octanol–water partition coefficient (Wildman–Crippen LogP) is 5.08. The average Bonchev–Trinajstić information content (AvgIpc) is 2.99. The van der Waals surface area contributed by atoms with Gasteiger partial charge >= 0.3 is 0 Å². The number of hydrogen-bond donors (Lipinski definition) is 2. The summed E-state index contributed by atoms with van der Waals surface area (Å²) in [7, 11) is 3.24. The van der Waals surface area contributed by atoms with E-state index in [1.165, 1.54) is 22.8 Å². The van der Waals surface area contributed by atoms with E-state index in [1.54, 1.807) is 20.2 Å². The number of hydrogen-bond acceptors (Lipinski definition) is 5. The van der Waals surface area contributed by atoms with E-state index < -0.39 is 23.0 Å². The first-order valence-electron chi connectivity index (χ1n) is 15.8. The van der Waals surface area contributed by atoms with Gasteiger partial charge in [-0.3, -0.25) is 14.4 Å². The summed E-state index contributed by atoms with van der Waals surface area (Å²) in [5, 5.41) is 5.11. The van der Waals surface area contributed by atoms with Gasteiger partial charge in [-0.1, -0.05) is 92.7 Å². The number of benzene rings is 3. The Kier molecular flexibility index (Phi) is 12.4. The molecule has 0 aromatic heterocycles. The van der Waals surface area contributed by atoms with E-state index in [-0.39, 0.29) is 42.9 Å². The maximum absolute atomic E-state index is 14.4. The third-order valence-corrected chi connectivity index (χ3v) is 8.11. The summed E-state index contributed by atoms with van der Waals surface area (Å²) >= 11 is 0. The number of amides is 3. The van der Waals surface area contributed by atoms with Gasteiger partial charge in [-0.2, -0.15) is 0 Å². The van der Waals surface area contributed by atoms with Gasteiger partial charge in [-0.05, 0) is 60.6 Å². The molecule has 0 fully saturated rings. The highest BCUT2D eigenvalue weighted by Gasteiger charge is 2.35. The summed E-state index contributed by atoms with van der Waals surface area (Å²) in [6.45, 7) is 9.43. The van der Waals surface area contributed by atoms with Gasteiger partial charge in [0, 0.05) is 45.4 Å². The fraction of sp³-hybridized carbons (Fsp3) is 0.421. The lowest BCUT2D eigenvalue weighted by Crippen LogP contribution is -2.56. The molecule has 0 aliphatic carbocycles. The van der Waals surface area contributed by atoms with Crippen molar-refractivity contribution in [2.45, 2.75) is 77.9 Å². The molecule has 0 radical (unpaired) electrons. The fourth-order valence-electron chi connectivity index (χ4n) is 5.53. The quantitative estimate of drug-likeness (QED) is 0.229. The molecule has 3 aromatic carbocycles. The van der Waals surface area contributed by atoms with E-state index in [1.807, 2.05) is 100 Å². The molecule has 3 N–H and O–H groups in total. The third-order valence-electron chi connectivity index (χ3n) is 8.11. The van der Waals surface area contributed by atoms with Crippen LogP contribution in [0.1, 0.15) is 58.6 Å². The molecule has 8 heteroatoms. The molecule has 0 unspecified atom stereocenters. The predicted molar refractivity (Wildman–Crippen MR) is 185 cm³/mol. The van der Waals surface area contributed by atoms with Crippen LogP contribution in [0.25, 0.3) is 10.8 Å². The summed E-state index contributed by atoms with van der Waals surface area (Å²) in [5.74, 6) is -0.956. The van der Waals surface area contributed by atoms with Gasteiger partial charge in [0.25, 0.3) is 0 Å². The third kappa shape index (κ3) is 10.9. The summed E-state index contributed by atoms with van der Waals surface area (Å²) < 4.78 is 0. The molecule has 46 heavy (non-hydrogen) atoms. The highest BCUT2D eigenvalue weighted by Crippen LogP contribution is 2.22. The van der Waals surface area contributed by atoms with Crippen molar-refractivity contribution in [2.75, 3.05) is 20.6 Å². The Balaban J connectivity index is 1.95. The van der Waals surface area contributed by atoms with Crippen molar-refractivity contribution in [3.63, 3.8) is 0 Å². The molecule has 0 saturated carbocycles. The lowest BCUT2D eigenvalue weighted by atomic mass is 9.87. The first-order valence-corrected chi connectivity index (χ1v) is 15.8. The lowest BCUT2D eigenvalue weighted by molar-refractivity contribution is -0.146. The minimum atomic E-state index is -0.880. The van der Waals surface area contributed by atoms with Gasteiger partial charge < -0.3 is 25.6 Å². The van der Waals surface area contributed by atoms with Crippen LogP contribution in [0.4, 0.5) is 0 Å². The Bertz CT molecular complexity index is 1540. The molecule has 8 nitrogen and oxygen atoms in total. The van der Waals surface area contributed by atoms with Gasteiger partial charge in [0.2, 0.25) is 17.7 Å². The van der Waals surface area contributed by atoms with Crippen molar-refractivity contribution in [3.8, 4) is 0 Å². The molecular formula is C38H50N4O4. The number of likely N-dealkylation sites (N-methyl/N-ethyl adjacent to an activating group) is 2. The second-order valence-electron chi connectivity index (χ2n) is 13.9. The monoisotopic (exact) mass is 626 g/mol. The number of nitrogens with two attached hydrogens (primary N) is 1. The number of carbonyl (C=O) groups excluding carboxylic acids is 4. The first-order chi connectivity index (χ1) is 21.6. The summed E-state index contributed by atoms with van der Waals surface area (Å²) in [4.78, 5) is 56.4. The van der Waals surface area contributed by atoms with E-state index >= 15 is 0 Å². The van der Waals surface area contributed by atoms with Crippen LogP contribution >= 0.6 is 0 Å². The Morgan fingerprint density at radius 2 is 1.41 bits per heavy atom. The van der Waals surface area contributed by atoms with Gasteiger partial charge in [-0.15, -0.1) is 0 Å². The average molecular weight is 627 g/mol. The smallest absolute Gasteiger partial charge is 0.246 e. The number of rotatable bonds is 15. The molecule has 0 bridgehead atoms. The highest BCUT2D eigenvalue weighted by molar-refractivity contribution is 5.95. The van der Waals surface area contributed by atoms with Crippen molar-refractivity contribution < 1.29 is 19.2 Å². The number of carbonyl (C=O) groups is 4. The van der Waals surface area contributed by atoms with Crippen molar-refractivity contribution in [2.24, 2.45) is 11.1 Å². The van der Waals surface area contributed by atoms with E-state index in [4.69, 9.17) is 5.73 Å². The second kappa shape index (κ2) is 15.8. The molecular weight excluding hydrogens is 576 g/mol. The number of nitrogens with zero attached hydrogens (tertiary/aromatic N) is 2. The van der Waals surface area contributed by atoms with Crippen LogP contribution in [0.2, 0.25) is 0 Å². The molecule has 0 aliphatic rings. The fourth-order valence-corrected chi connectivity index (χ4v) is 5.53. The molecule has 0 spiro atoms. The van der Waals surface area contributed by atoms with Crippen LogP contribution < -0.4 is 11.1 Å². The summed E-state index contributed by atoms with van der Waals surface area (Å²) in [5.41, 5.74) is 6.97. The van der Waals surface area contributed by atoms with Crippen molar-refractivity contribution >= 4 is 34.3 Å². The Morgan fingerprint density at radius 3 is 2.04 bits per heavy atom. The van der Waals surface area contributed by atoms with Crippen molar-refractivity contribution in [3.05, 3.63) is 96.1 Å². The van der Waals surface area contributed by atoms with E-state index in [0.29, 0.717) is 12.8 Å². The van der Waals surface area contributed by atoms with Crippen LogP contribution in [0, 0.1) is 5.41 Å². The maximum atomic E-state index is 14.4. The SMILES string of the molecule is CC(=O)CC(C)(C)CNC(=O)[C@@H](Cc1ccccc1)N(C)C(=O)[C@@H](Cc1ccc2ccccc2c1)N(C)C(=O)C=CCC(C)(C)N. The molecule has 0 saturated heterocycles. The first kappa shape index (κ1) is 36.2. The summed E-state index contributed by atoms with van der Waals surface area (Å²) in [6, 6.07) is 21.8. The van der Waals surface area contributed by atoms with E-state index in [0.717, 1.165) is 21.9 Å². The van der Waals surface area contributed by atoms with Crippen LogP contribution in [-0.2, 0) is 32.0 Å². The number of fused-ring (bicyclic) bond motifs is 1. The number of Topliss-reactive ketones (excluding diaryl/α,β-unsaturated/α-hetero) is 1. The van der Waals surface area contributed by atoms with Crippen LogP contribution in [0.3, 0.4) is 0 Å². The van der Waals surface area contributed by atoms with Gasteiger partial charge in [0.1, 0.15) is 17.9 Å². The Morgan fingerprint density at radius 1 is 0.804 bits per heavy atom. The second-order valence-corrected chi connectivity index (χ2v) is 13.9. The molecule has 3 amide bonds. The van der Waals surface area contributed by atoms with Crippen LogP contribution in [0.5, 0.6) is 0 Å². The Labute approximate surface area is 274 Å².